The molecule has 0 heterocycles. The van der Waals surface area contributed by atoms with Gasteiger partial charge in [-0.25, -0.2) is 9.59 Å². The van der Waals surface area contributed by atoms with Crippen molar-refractivity contribution >= 4 is 18.0 Å². The number of carbonyl (C=O) groups excluding carboxylic acids is 2. The molecular weight excluding hydrogens is 380 g/mol. The van der Waals surface area contributed by atoms with Gasteiger partial charge in [-0.3, -0.25) is 0 Å². The second kappa shape index (κ2) is 9.33. The maximum absolute atomic E-state index is 12.2. The van der Waals surface area contributed by atoms with Crippen molar-refractivity contribution in [3.8, 4) is 5.75 Å². The van der Waals surface area contributed by atoms with Crippen molar-refractivity contribution in [2.45, 2.75) is 39.0 Å². The molecule has 1 aromatic rings. The Labute approximate surface area is 178 Å². The lowest BCUT2D eigenvalue weighted by molar-refractivity contribution is -0.137. The van der Waals surface area contributed by atoms with Gasteiger partial charge in [0, 0.05) is 11.6 Å². The number of fused-ring (bicyclic) bond motifs is 1. The fourth-order valence-electron chi connectivity index (χ4n) is 4.72. The highest BCUT2D eigenvalue weighted by atomic mass is 16.5. The first-order valence-electron chi connectivity index (χ1n) is 10.4. The smallest absolute Gasteiger partial charge is 0.333 e. The Balaban J connectivity index is 1.62. The van der Waals surface area contributed by atoms with Crippen LogP contribution in [0, 0.1) is 17.3 Å². The zero-order chi connectivity index (χ0) is 21.7. The van der Waals surface area contributed by atoms with E-state index in [0.717, 1.165) is 43.2 Å². The van der Waals surface area contributed by atoms with Gasteiger partial charge in [0.1, 0.15) is 12.4 Å². The number of benzene rings is 1. The minimum atomic E-state index is -0.400. The van der Waals surface area contributed by atoms with Crippen molar-refractivity contribution in [1.82, 2.24) is 0 Å². The zero-order valence-electron chi connectivity index (χ0n) is 17.7. The molecule has 0 radical (unpaired) electrons. The Bertz CT molecular complexity index is 864. The molecule has 0 spiro atoms. The molecule has 2 aliphatic carbocycles. The summed E-state index contributed by atoms with van der Waals surface area (Å²) >= 11 is 0. The Morgan fingerprint density at radius 2 is 2.00 bits per heavy atom. The van der Waals surface area contributed by atoms with E-state index >= 15 is 0 Å². The van der Waals surface area contributed by atoms with Crippen molar-refractivity contribution < 1.29 is 24.2 Å². The van der Waals surface area contributed by atoms with Crippen LogP contribution in [0.3, 0.4) is 0 Å². The molecule has 1 aromatic carbocycles. The number of hydrogen-bond acceptors (Lipinski definition) is 5. The summed E-state index contributed by atoms with van der Waals surface area (Å²) in [4.78, 5) is 24.1. The zero-order valence-corrected chi connectivity index (χ0v) is 17.7. The van der Waals surface area contributed by atoms with Crippen LogP contribution in [0.2, 0.25) is 0 Å². The van der Waals surface area contributed by atoms with E-state index in [4.69, 9.17) is 9.47 Å². The lowest BCUT2D eigenvalue weighted by Gasteiger charge is -2.48. The fourth-order valence-corrected chi connectivity index (χ4v) is 4.72. The van der Waals surface area contributed by atoms with Gasteiger partial charge in [0.2, 0.25) is 0 Å². The fraction of sp³-hybridized carbons (Fsp3) is 0.440. The second-order valence-electron chi connectivity index (χ2n) is 8.55. The topological polar surface area (TPSA) is 72.8 Å². The lowest BCUT2D eigenvalue weighted by atomic mass is 9.57. The number of esters is 2. The molecule has 1 N–H and O–H groups in total. The molecule has 160 valence electrons. The van der Waals surface area contributed by atoms with E-state index in [1.807, 2.05) is 0 Å². The summed E-state index contributed by atoms with van der Waals surface area (Å²) in [7, 11) is 1.39. The Morgan fingerprint density at radius 3 is 2.70 bits per heavy atom. The maximum atomic E-state index is 12.2. The first-order valence-corrected chi connectivity index (χ1v) is 10.4. The van der Waals surface area contributed by atoms with Crippen molar-refractivity contribution in [2.75, 3.05) is 13.7 Å². The van der Waals surface area contributed by atoms with E-state index in [9.17, 15) is 14.7 Å². The standard InChI is InChI=1S/C25H30O5/c1-17(24(28)29-3)19-12-14-25(2)13-4-5-20(22(25)15-19)16-30-23(27)11-8-18-6-9-21(26)10-7-18/h5-11,19,22,26H,1,4,12-16H2,2-3H3/b11-8-/t19-,22+,25-/m1/s1. The predicted molar refractivity (Wildman–Crippen MR) is 116 cm³/mol. The minimum absolute atomic E-state index is 0.0992. The number of ether oxygens (including phenoxy) is 2. The van der Waals surface area contributed by atoms with E-state index < -0.39 is 5.97 Å². The summed E-state index contributed by atoms with van der Waals surface area (Å²) in [5, 5.41) is 9.32. The van der Waals surface area contributed by atoms with E-state index in [-0.39, 0.29) is 35.6 Å². The first-order chi connectivity index (χ1) is 14.3. The summed E-state index contributed by atoms with van der Waals surface area (Å²) < 4.78 is 10.4. The molecule has 0 bridgehead atoms. The van der Waals surface area contributed by atoms with Crippen LogP contribution >= 0.6 is 0 Å². The Kier molecular flexibility index (Phi) is 6.80. The van der Waals surface area contributed by atoms with Crippen LogP contribution in [-0.4, -0.2) is 30.8 Å². The van der Waals surface area contributed by atoms with Crippen LogP contribution in [0.4, 0.5) is 0 Å². The second-order valence-corrected chi connectivity index (χ2v) is 8.55. The predicted octanol–water partition coefficient (Wildman–Crippen LogP) is 4.82. The third kappa shape index (κ3) is 5.02. The average Bonchev–Trinajstić information content (AvgIpc) is 2.75. The Morgan fingerprint density at radius 1 is 1.27 bits per heavy atom. The third-order valence-corrected chi connectivity index (χ3v) is 6.62. The van der Waals surface area contributed by atoms with Gasteiger partial charge in [0.25, 0.3) is 0 Å². The largest absolute Gasteiger partial charge is 0.508 e. The molecule has 0 unspecified atom stereocenters. The number of aromatic hydroxyl groups is 1. The van der Waals surface area contributed by atoms with Crippen LogP contribution in [0.5, 0.6) is 5.75 Å². The highest BCUT2D eigenvalue weighted by molar-refractivity contribution is 5.88. The van der Waals surface area contributed by atoms with Gasteiger partial charge in [-0.15, -0.1) is 0 Å². The molecule has 0 aromatic heterocycles. The van der Waals surface area contributed by atoms with Gasteiger partial charge < -0.3 is 14.6 Å². The van der Waals surface area contributed by atoms with Crippen molar-refractivity contribution in [3.05, 3.63) is 59.7 Å². The number of hydrogen-bond donors (Lipinski definition) is 1. The number of phenols is 1. The van der Waals surface area contributed by atoms with Crippen molar-refractivity contribution in [3.63, 3.8) is 0 Å². The summed E-state index contributed by atoms with van der Waals surface area (Å²) in [6.45, 7) is 6.52. The third-order valence-electron chi connectivity index (χ3n) is 6.62. The minimum Gasteiger partial charge on any atom is -0.508 e. The van der Waals surface area contributed by atoms with Crippen molar-refractivity contribution in [2.24, 2.45) is 17.3 Å². The highest BCUT2D eigenvalue weighted by Gasteiger charge is 2.44. The summed E-state index contributed by atoms with van der Waals surface area (Å²) in [6, 6.07) is 6.59. The number of allylic oxidation sites excluding steroid dienone is 1. The molecule has 3 rings (SSSR count). The van der Waals surface area contributed by atoms with Gasteiger partial charge in [-0.1, -0.05) is 31.7 Å². The molecule has 0 saturated heterocycles. The van der Waals surface area contributed by atoms with Gasteiger partial charge in [0.15, 0.2) is 0 Å². The number of phenolic OH excluding ortho intramolecular Hbond substituents is 1. The molecule has 2 aliphatic rings. The molecular formula is C25H30O5. The van der Waals surface area contributed by atoms with Crippen LogP contribution in [0.1, 0.15) is 44.6 Å². The summed E-state index contributed by atoms with van der Waals surface area (Å²) in [5.74, 6) is -0.191. The lowest BCUT2D eigenvalue weighted by Crippen LogP contribution is -2.39. The van der Waals surface area contributed by atoms with Gasteiger partial charge >= 0.3 is 11.9 Å². The van der Waals surface area contributed by atoms with E-state index in [0.29, 0.717) is 5.57 Å². The quantitative estimate of drug-likeness (QED) is 0.413. The van der Waals surface area contributed by atoms with E-state index in [1.165, 1.54) is 13.2 Å². The average molecular weight is 411 g/mol. The molecule has 0 aliphatic heterocycles. The first kappa shape index (κ1) is 21.9. The van der Waals surface area contributed by atoms with E-state index in [2.05, 4.69) is 19.6 Å². The van der Waals surface area contributed by atoms with Crippen LogP contribution in [0.25, 0.3) is 6.08 Å². The number of rotatable bonds is 6. The van der Waals surface area contributed by atoms with E-state index in [1.54, 1.807) is 30.3 Å². The summed E-state index contributed by atoms with van der Waals surface area (Å²) in [5.41, 5.74) is 2.65. The normalized spacial score (nSPS) is 25.9. The monoisotopic (exact) mass is 410 g/mol. The number of methoxy groups -OCH3 is 1. The van der Waals surface area contributed by atoms with Gasteiger partial charge in [-0.2, -0.15) is 0 Å². The molecule has 5 nitrogen and oxygen atoms in total. The van der Waals surface area contributed by atoms with Crippen LogP contribution in [-0.2, 0) is 19.1 Å². The van der Waals surface area contributed by atoms with Crippen LogP contribution < -0.4 is 0 Å². The SMILES string of the molecule is C=C(C(=O)OC)[C@@H]1CC[C@@]2(C)CCC=C(COC(=O)/C=C\c3ccc(O)cc3)[C@@H]2C1. The molecule has 1 fully saturated rings. The van der Waals surface area contributed by atoms with Crippen molar-refractivity contribution in [1.29, 1.82) is 0 Å². The molecule has 5 heteroatoms. The maximum Gasteiger partial charge on any atom is 0.333 e. The highest BCUT2D eigenvalue weighted by Crippen LogP contribution is 2.53. The van der Waals surface area contributed by atoms with Gasteiger partial charge in [0.05, 0.1) is 7.11 Å². The number of carbonyl (C=O) groups is 2. The molecule has 0 amide bonds. The molecule has 3 atom stereocenters. The Hall–Kier alpha value is -2.82. The molecule has 30 heavy (non-hydrogen) atoms. The summed E-state index contributed by atoms with van der Waals surface area (Å²) in [6.07, 6.45) is 10.1. The molecule has 1 saturated carbocycles. The van der Waals surface area contributed by atoms with Gasteiger partial charge in [-0.05, 0) is 78.7 Å². The van der Waals surface area contributed by atoms with Crippen LogP contribution in [0.15, 0.2) is 54.1 Å².